The summed E-state index contributed by atoms with van der Waals surface area (Å²) in [5, 5.41) is 11.7. The second-order valence-corrected chi connectivity index (χ2v) is 7.00. The van der Waals surface area contributed by atoms with Crippen LogP contribution in [0.1, 0.15) is 13.3 Å². The van der Waals surface area contributed by atoms with Crippen LogP contribution in [0.5, 0.6) is 0 Å². The fourth-order valence-corrected chi connectivity index (χ4v) is 4.20. The first kappa shape index (κ1) is 15.9. The molecule has 1 aliphatic heterocycles. The quantitative estimate of drug-likeness (QED) is 0.559. The van der Waals surface area contributed by atoms with Gasteiger partial charge in [-0.15, -0.1) is 0 Å². The summed E-state index contributed by atoms with van der Waals surface area (Å²) < 4.78 is 27.9. The van der Waals surface area contributed by atoms with E-state index >= 15 is 0 Å². The Morgan fingerprint density at radius 1 is 1.43 bits per heavy atom. The number of nitrogens with two attached hydrogens (primary N) is 1. The van der Waals surface area contributed by atoms with Gasteiger partial charge < -0.3 is 5.73 Å². The highest BCUT2D eigenvalue weighted by molar-refractivity contribution is 7.89. The lowest BCUT2D eigenvalue weighted by Gasteiger charge is -2.37. The van der Waals surface area contributed by atoms with Gasteiger partial charge >= 0.3 is 0 Å². The molecule has 0 aliphatic carbocycles. The van der Waals surface area contributed by atoms with Crippen molar-refractivity contribution in [3.05, 3.63) is 12.3 Å². The Labute approximate surface area is 125 Å². The van der Waals surface area contributed by atoms with Crippen molar-refractivity contribution in [1.82, 2.24) is 19.0 Å². The third kappa shape index (κ3) is 3.09. The van der Waals surface area contributed by atoms with Crippen LogP contribution in [0.4, 0.5) is 0 Å². The van der Waals surface area contributed by atoms with Crippen molar-refractivity contribution in [2.45, 2.75) is 24.4 Å². The zero-order valence-electron chi connectivity index (χ0n) is 12.4. The van der Waals surface area contributed by atoms with E-state index in [0.29, 0.717) is 26.2 Å². The Morgan fingerprint density at radius 3 is 2.48 bits per heavy atom. The number of rotatable bonds is 5. The van der Waals surface area contributed by atoms with Crippen LogP contribution >= 0.6 is 0 Å². The normalized spacial score (nSPS) is 19.5. The predicted octanol–water partition coefficient (Wildman–Crippen LogP) is -0.559. The number of piperazine rings is 1. The summed E-state index contributed by atoms with van der Waals surface area (Å²) in [5.41, 5.74) is 5.59. The molecular formula is C12H22N6O2S. The van der Waals surface area contributed by atoms with Crippen LogP contribution in [-0.4, -0.2) is 65.5 Å². The molecule has 0 aromatic carbocycles. The number of amidine groups is 1. The van der Waals surface area contributed by atoms with Crippen molar-refractivity contribution >= 4 is 15.9 Å². The van der Waals surface area contributed by atoms with E-state index in [1.54, 1.807) is 7.05 Å². The van der Waals surface area contributed by atoms with E-state index in [1.165, 1.54) is 21.3 Å². The molecule has 1 fully saturated rings. The third-order valence-electron chi connectivity index (χ3n) is 3.84. The minimum Gasteiger partial charge on any atom is -0.386 e. The Kier molecular flexibility index (Phi) is 4.64. The molecule has 0 spiro atoms. The molecule has 8 nitrogen and oxygen atoms in total. The average molecular weight is 314 g/mol. The van der Waals surface area contributed by atoms with Crippen LogP contribution in [0, 0.1) is 5.41 Å². The molecular weight excluding hydrogens is 292 g/mol. The van der Waals surface area contributed by atoms with Crippen LogP contribution < -0.4 is 5.73 Å². The lowest BCUT2D eigenvalue weighted by Crippen LogP contribution is -2.54. The molecule has 2 heterocycles. The number of hydrogen-bond donors (Lipinski definition) is 2. The van der Waals surface area contributed by atoms with Crippen molar-refractivity contribution in [2.75, 3.05) is 26.2 Å². The van der Waals surface area contributed by atoms with Crippen LogP contribution in [0.25, 0.3) is 0 Å². The summed E-state index contributed by atoms with van der Waals surface area (Å²) in [4.78, 5) is 2.07. The molecule has 2 rings (SSSR count). The van der Waals surface area contributed by atoms with Gasteiger partial charge in [0.1, 0.15) is 5.84 Å². The lowest BCUT2D eigenvalue weighted by atomic mass is 10.1. The highest BCUT2D eigenvalue weighted by Gasteiger charge is 2.32. The van der Waals surface area contributed by atoms with Crippen molar-refractivity contribution in [3.63, 3.8) is 0 Å². The zero-order valence-corrected chi connectivity index (χ0v) is 13.2. The molecule has 1 atom stereocenters. The van der Waals surface area contributed by atoms with Crippen LogP contribution in [0.3, 0.4) is 0 Å². The van der Waals surface area contributed by atoms with Crippen LogP contribution in [0.2, 0.25) is 0 Å². The maximum atomic E-state index is 12.5. The third-order valence-corrected chi connectivity index (χ3v) is 5.81. The fourth-order valence-electron chi connectivity index (χ4n) is 2.68. The Bertz CT molecular complexity index is 603. The summed E-state index contributed by atoms with van der Waals surface area (Å²) in [6.45, 7) is 3.93. The minimum atomic E-state index is -3.50. The average Bonchev–Trinajstić information content (AvgIpc) is 2.87. The summed E-state index contributed by atoms with van der Waals surface area (Å²) in [6.07, 6.45) is 2.23. The van der Waals surface area contributed by atoms with E-state index < -0.39 is 10.0 Å². The highest BCUT2D eigenvalue weighted by Crippen LogP contribution is 2.18. The van der Waals surface area contributed by atoms with Crippen molar-refractivity contribution < 1.29 is 8.42 Å². The van der Waals surface area contributed by atoms with Crippen LogP contribution in [-0.2, 0) is 17.1 Å². The fraction of sp³-hybridized carbons (Fsp3) is 0.667. The van der Waals surface area contributed by atoms with Crippen molar-refractivity contribution in [3.8, 4) is 0 Å². The topological polar surface area (TPSA) is 108 Å². The molecule has 21 heavy (non-hydrogen) atoms. The molecule has 118 valence electrons. The number of hydrogen-bond acceptors (Lipinski definition) is 5. The molecule has 1 aromatic heterocycles. The molecule has 1 unspecified atom stereocenters. The molecule has 0 bridgehead atoms. The van der Waals surface area contributed by atoms with Crippen molar-refractivity contribution in [2.24, 2.45) is 12.8 Å². The lowest BCUT2D eigenvalue weighted by molar-refractivity contribution is 0.163. The SMILES string of the molecule is CCC(C(=N)N)N1CCN(S(=O)(=O)c2ccnn2C)CC1. The van der Waals surface area contributed by atoms with E-state index in [9.17, 15) is 8.42 Å². The number of nitrogens with zero attached hydrogens (tertiary/aromatic N) is 4. The van der Waals surface area contributed by atoms with Gasteiger partial charge in [0.05, 0.1) is 12.2 Å². The first-order chi connectivity index (χ1) is 9.87. The maximum Gasteiger partial charge on any atom is 0.260 e. The van der Waals surface area contributed by atoms with Gasteiger partial charge in [0, 0.05) is 33.2 Å². The van der Waals surface area contributed by atoms with Gasteiger partial charge in [-0.05, 0) is 12.5 Å². The van der Waals surface area contributed by atoms with Gasteiger partial charge in [-0.1, -0.05) is 6.92 Å². The van der Waals surface area contributed by atoms with Gasteiger partial charge in [0.2, 0.25) is 0 Å². The molecule has 3 N–H and O–H groups in total. The monoisotopic (exact) mass is 314 g/mol. The Balaban J connectivity index is 2.08. The Morgan fingerprint density at radius 2 is 2.05 bits per heavy atom. The second-order valence-electron chi connectivity index (χ2n) is 5.11. The first-order valence-corrected chi connectivity index (χ1v) is 8.38. The number of aromatic nitrogens is 2. The number of aryl methyl sites for hydroxylation is 1. The van der Waals surface area contributed by atoms with Gasteiger partial charge in [0.25, 0.3) is 10.0 Å². The number of sulfonamides is 1. The molecule has 9 heteroatoms. The number of nitrogens with one attached hydrogen (secondary N) is 1. The van der Waals surface area contributed by atoms with Gasteiger partial charge in [-0.25, -0.2) is 8.42 Å². The molecule has 1 aromatic rings. The van der Waals surface area contributed by atoms with Gasteiger partial charge in [-0.2, -0.15) is 9.40 Å². The van der Waals surface area contributed by atoms with Gasteiger partial charge in [-0.3, -0.25) is 15.0 Å². The minimum absolute atomic E-state index is 0.105. The first-order valence-electron chi connectivity index (χ1n) is 6.94. The molecule has 0 amide bonds. The Hall–Kier alpha value is -1.45. The molecule has 0 saturated carbocycles. The van der Waals surface area contributed by atoms with E-state index in [0.717, 1.165) is 6.42 Å². The second kappa shape index (κ2) is 6.12. The summed E-state index contributed by atoms with van der Waals surface area (Å²) in [5.74, 6) is 0.139. The summed E-state index contributed by atoms with van der Waals surface area (Å²) in [7, 11) is -1.89. The predicted molar refractivity (Wildman–Crippen MR) is 79.5 cm³/mol. The molecule has 1 aliphatic rings. The van der Waals surface area contributed by atoms with Crippen LogP contribution in [0.15, 0.2) is 17.3 Å². The van der Waals surface area contributed by atoms with E-state index in [4.69, 9.17) is 11.1 Å². The summed E-state index contributed by atoms with van der Waals surface area (Å²) >= 11 is 0. The van der Waals surface area contributed by atoms with E-state index in [1.807, 2.05) is 6.92 Å². The standard InChI is InChI=1S/C12H22N6O2S/c1-3-10(12(13)14)17-6-8-18(9-7-17)21(19,20)11-4-5-15-16(11)2/h4-5,10H,3,6-9H2,1-2H3,(H3,13,14). The van der Waals surface area contributed by atoms with E-state index in [-0.39, 0.29) is 16.9 Å². The highest BCUT2D eigenvalue weighted by atomic mass is 32.2. The zero-order chi connectivity index (χ0) is 15.6. The maximum absolute atomic E-state index is 12.5. The van der Waals surface area contributed by atoms with Crippen molar-refractivity contribution in [1.29, 1.82) is 5.41 Å². The molecule has 0 radical (unpaired) electrons. The smallest absolute Gasteiger partial charge is 0.260 e. The molecule has 1 saturated heterocycles. The largest absolute Gasteiger partial charge is 0.386 e. The summed E-state index contributed by atoms with van der Waals surface area (Å²) in [6, 6.07) is 1.40. The van der Waals surface area contributed by atoms with E-state index in [2.05, 4.69) is 10.00 Å². The van der Waals surface area contributed by atoms with Gasteiger partial charge in [0.15, 0.2) is 5.03 Å².